The third-order valence-electron chi connectivity index (χ3n) is 2.90. The van der Waals surface area contributed by atoms with Crippen molar-refractivity contribution in [3.63, 3.8) is 0 Å². The first-order valence-corrected chi connectivity index (χ1v) is 6.70. The van der Waals surface area contributed by atoms with Gasteiger partial charge in [0.25, 0.3) is 0 Å². The van der Waals surface area contributed by atoms with E-state index in [0.717, 1.165) is 20.2 Å². The Kier molecular flexibility index (Phi) is 9.33. The van der Waals surface area contributed by atoms with E-state index in [2.05, 4.69) is 48.0 Å². The zero-order valence-electron chi connectivity index (χ0n) is 12.5. The summed E-state index contributed by atoms with van der Waals surface area (Å²) in [6, 6.07) is 8.82. The lowest BCUT2D eigenvalue weighted by Gasteiger charge is -2.34. The molecule has 2 rings (SSSR count). The summed E-state index contributed by atoms with van der Waals surface area (Å²) in [6.07, 6.45) is 0. The quantitative estimate of drug-likeness (QED) is 0.831. The van der Waals surface area contributed by atoms with Gasteiger partial charge in [-0.05, 0) is 26.1 Å². The standard InChI is InChI=1S/C12H18N2.C2H6.CH4O/c1-11-3-5-12(6-4-11)14-9-7-13(2)8-10-14;2*1-2/h3-6H,7-10H2,1-2H3;1-2H3;2H,1H3. The molecule has 0 saturated carbocycles. The molecule has 1 aromatic carbocycles. The number of aliphatic hydroxyl groups is 1. The molecule has 1 aliphatic heterocycles. The molecule has 0 amide bonds. The van der Waals surface area contributed by atoms with Crippen molar-refractivity contribution in [1.82, 2.24) is 4.90 Å². The highest BCUT2D eigenvalue weighted by Gasteiger charge is 2.13. The van der Waals surface area contributed by atoms with Crippen molar-refractivity contribution in [2.75, 3.05) is 45.2 Å². The third kappa shape index (κ3) is 5.52. The van der Waals surface area contributed by atoms with Gasteiger partial charge in [-0.15, -0.1) is 0 Å². The topological polar surface area (TPSA) is 26.7 Å². The van der Waals surface area contributed by atoms with Crippen LogP contribution in [0.4, 0.5) is 5.69 Å². The second-order valence-electron chi connectivity index (χ2n) is 4.13. The van der Waals surface area contributed by atoms with Gasteiger partial charge in [-0.25, -0.2) is 0 Å². The molecular weight excluding hydrogens is 224 g/mol. The number of anilines is 1. The fourth-order valence-corrected chi connectivity index (χ4v) is 1.82. The minimum Gasteiger partial charge on any atom is -0.400 e. The van der Waals surface area contributed by atoms with Crippen LogP contribution in [0.15, 0.2) is 24.3 Å². The molecule has 0 radical (unpaired) electrons. The second-order valence-corrected chi connectivity index (χ2v) is 4.13. The van der Waals surface area contributed by atoms with Crippen LogP contribution in [0.2, 0.25) is 0 Å². The average molecular weight is 252 g/mol. The summed E-state index contributed by atoms with van der Waals surface area (Å²) in [7, 11) is 3.19. The summed E-state index contributed by atoms with van der Waals surface area (Å²) in [4.78, 5) is 4.84. The summed E-state index contributed by atoms with van der Waals surface area (Å²) in [5.41, 5.74) is 2.70. The highest BCUT2D eigenvalue weighted by Crippen LogP contribution is 2.16. The summed E-state index contributed by atoms with van der Waals surface area (Å²) < 4.78 is 0. The van der Waals surface area contributed by atoms with Crippen molar-refractivity contribution in [3.05, 3.63) is 29.8 Å². The zero-order chi connectivity index (χ0) is 14.0. The minimum absolute atomic E-state index is 1.00. The molecule has 1 N–H and O–H groups in total. The normalized spacial score (nSPS) is 15.1. The molecule has 1 heterocycles. The van der Waals surface area contributed by atoms with Crippen LogP contribution in [0.25, 0.3) is 0 Å². The molecule has 3 nitrogen and oxygen atoms in total. The van der Waals surface area contributed by atoms with E-state index in [9.17, 15) is 0 Å². The number of hydrogen-bond acceptors (Lipinski definition) is 3. The number of rotatable bonds is 1. The summed E-state index contributed by atoms with van der Waals surface area (Å²) >= 11 is 0. The Morgan fingerprint density at radius 2 is 1.33 bits per heavy atom. The van der Waals surface area contributed by atoms with Crippen molar-refractivity contribution < 1.29 is 5.11 Å². The van der Waals surface area contributed by atoms with E-state index >= 15 is 0 Å². The van der Waals surface area contributed by atoms with Gasteiger partial charge in [0.2, 0.25) is 0 Å². The number of aliphatic hydroxyl groups excluding tert-OH is 1. The predicted octanol–water partition coefficient (Wildman–Crippen LogP) is 2.38. The van der Waals surface area contributed by atoms with Crippen LogP contribution in [0.3, 0.4) is 0 Å². The van der Waals surface area contributed by atoms with Crippen LogP contribution in [-0.4, -0.2) is 50.3 Å². The maximum atomic E-state index is 7.00. The van der Waals surface area contributed by atoms with Gasteiger partial charge in [0.1, 0.15) is 0 Å². The molecule has 104 valence electrons. The fourth-order valence-electron chi connectivity index (χ4n) is 1.82. The second kappa shape index (κ2) is 9.92. The van der Waals surface area contributed by atoms with Crippen LogP contribution in [0.1, 0.15) is 19.4 Å². The molecule has 0 aliphatic carbocycles. The van der Waals surface area contributed by atoms with Gasteiger partial charge >= 0.3 is 0 Å². The lowest BCUT2D eigenvalue weighted by molar-refractivity contribution is 0.313. The smallest absolute Gasteiger partial charge is 0.0367 e. The van der Waals surface area contributed by atoms with Crippen LogP contribution in [-0.2, 0) is 0 Å². The monoisotopic (exact) mass is 252 g/mol. The number of piperazine rings is 1. The SMILES string of the molecule is CC.CO.Cc1ccc(N2CCN(C)CC2)cc1. The van der Waals surface area contributed by atoms with Crippen molar-refractivity contribution in [3.8, 4) is 0 Å². The van der Waals surface area contributed by atoms with Crippen molar-refractivity contribution >= 4 is 5.69 Å². The number of nitrogens with zero attached hydrogens (tertiary/aromatic N) is 2. The molecule has 1 fully saturated rings. The van der Waals surface area contributed by atoms with Crippen molar-refractivity contribution in [2.24, 2.45) is 0 Å². The van der Waals surface area contributed by atoms with E-state index in [1.54, 1.807) is 0 Å². The number of aryl methyl sites for hydroxylation is 1. The maximum Gasteiger partial charge on any atom is 0.0367 e. The fraction of sp³-hybridized carbons (Fsp3) is 0.600. The van der Waals surface area contributed by atoms with Gasteiger partial charge in [-0.1, -0.05) is 31.5 Å². The minimum atomic E-state index is 1.00. The van der Waals surface area contributed by atoms with Gasteiger partial charge in [0.05, 0.1) is 0 Å². The van der Waals surface area contributed by atoms with Gasteiger partial charge < -0.3 is 14.9 Å². The maximum absolute atomic E-state index is 7.00. The third-order valence-corrected chi connectivity index (χ3v) is 2.90. The zero-order valence-corrected chi connectivity index (χ0v) is 12.5. The Balaban J connectivity index is 0.000000659. The molecule has 3 heteroatoms. The highest BCUT2D eigenvalue weighted by atomic mass is 16.2. The molecule has 0 bridgehead atoms. The Hall–Kier alpha value is -1.06. The Labute approximate surface area is 112 Å². The summed E-state index contributed by atoms with van der Waals surface area (Å²) in [5.74, 6) is 0. The van der Waals surface area contributed by atoms with E-state index in [4.69, 9.17) is 5.11 Å². The molecule has 18 heavy (non-hydrogen) atoms. The van der Waals surface area contributed by atoms with Crippen LogP contribution in [0, 0.1) is 6.92 Å². The lowest BCUT2D eigenvalue weighted by atomic mass is 10.2. The van der Waals surface area contributed by atoms with Crippen molar-refractivity contribution in [2.45, 2.75) is 20.8 Å². The summed E-state index contributed by atoms with van der Waals surface area (Å²) in [6.45, 7) is 10.8. The molecular formula is C15H28N2O. The van der Waals surface area contributed by atoms with Gasteiger partial charge in [0.15, 0.2) is 0 Å². The average Bonchev–Trinajstić information content (AvgIpc) is 2.45. The van der Waals surface area contributed by atoms with E-state index in [1.165, 1.54) is 24.3 Å². The molecule has 0 aromatic heterocycles. The molecule has 0 unspecified atom stereocenters. The number of benzene rings is 1. The first kappa shape index (κ1) is 16.9. The molecule has 1 aromatic rings. The Bertz CT molecular complexity index is 290. The van der Waals surface area contributed by atoms with Crippen LogP contribution in [0.5, 0.6) is 0 Å². The Morgan fingerprint density at radius 1 is 0.889 bits per heavy atom. The van der Waals surface area contributed by atoms with Crippen LogP contribution < -0.4 is 4.90 Å². The van der Waals surface area contributed by atoms with Crippen molar-refractivity contribution in [1.29, 1.82) is 0 Å². The van der Waals surface area contributed by atoms with Gasteiger partial charge in [-0.2, -0.15) is 0 Å². The molecule has 1 aliphatic rings. The van der Waals surface area contributed by atoms with Gasteiger partial charge in [-0.3, -0.25) is 0 Å². The van der Waals surface area contributed by atoms with Crippen LogP contribution >= 0.6 is 0 Å². The molecule has 1 saturated heterocycles. The lowest BCUT2D eigenvalue weighted by Crippen LogP contribution is -2.44. The summed E-state index contributed by atoms with van der Waals surface area (Å²) in [5, 5.41) is 7.00. The van der Waals surface area contributed by atoms with Gasteiger partial charge in [0, 0.05) is 39.0 Å². The van der Waals surface area contributed by atoms with E-state index < -0.39 is 0 Å². The van der Waals surface area contributed by atoms with E-state index in [1.807, 2.05) is 13.8 Å². The largest absolute Gasteiger partial charge is 0.400 e. The number of hydrogen-bond donors (Lipinski definition) is 1. The van der Waals surface area contributed by atoms with E-state index in [-0.39, 0.29) is 0 Å². The predicted molar refractivity (Wildman–Crippen MR) is 80.4 cm³/mol. The first-order valence-electron chi connectivity index (χ1n) is 6.70. The highest BCUT2D eigenvalue weighted by molar-refractivity contribution is 5.47. The molecule has 0 spiro atoms. The Morgan fingerprint density at radius 3 is 1.78 bits per heavy atom. The number of likely N-dealkylation sites (N-methyl/N-ethyl adjacent to an activating group) is 1. The first-order chi connectivity index (χ1) is 8.75. The van der Waals surface area contributed by atoms with E-state index in [0.29, 0.717) is 0 Å². The molecule has 0 atom stereocenters.